The van der Waals surface area contributed by atoms with Crippen LogP contribution >= 0.6 is 23.1 Å². The second-order valence-electron chi connectivity index (χ2n) is 8.54. The van der Waals surface area contributed by atoms with Crippen LogP contribution < -0.4 is 10.1 Å². The maximum absolute atomic E-state index is 13.0. The van der Waals surface area contributed by atoms with Gasteiger partial charge in [-0.05, 0) is 38.0 Å². The predicted octanol–water partition coefficient (Wildman–Crippen LogP) is 6.55. The summed E-state index contributed by atoms with van der Waals surface area (Å²) in [7, 11) is 0. The van der Waals surface area contributed by atoms with Gasteiger partial charge in [-0.3, -0.25) is 9.36 Å². The molecule has 0 aliphatic carbocycles. The molecule has 0 fully saturated rings. The minimum atomic E-state index is -0.474. The first-order valence-electron chi connectivity index (χ1n) is 12.5. The molecule has 0 spiro atoms. The van der Waals surface area contributed by atoms with Gasteiger partial charge >= 0.3 is 5.97 Å². The van der Waals surface area contributed by atoms with Crippen molar-refractivity contribution in [3.63, 3.8) is 0 Å². The maximum Gasteiger partial charge on any atom is 0.341 e. The summed E-state index contributed by atoms with van der Waals surface area (Å²) in [6, 6.07) is 17.3. The average molecular weight is 563 g/mol. The van der Waals surface area contributed by atoms with Crippen molar-refractivity contribution in [1.82, 2.24) is 14.8 Å². The van der Waals surface area contributed by atoms with E-state index in [0.29, 0.717) is 28.1 Å². The van der Waals surface area contributed by atoms with Crippen LogP contribution in [0.2, 0.25) is 0 Å². The molecule has 8 nitrogen and oxygen atoms in total. The second-order valence-corrected chi connectivity index (χ2v) is 10.4. The normalized spacial score (nSPS) is 11.6. The summed E-state index contributed by atoms with van der Waals surface area (Å²) < 4.78 is 13.3. The molecule has 1 amide bonds. The summed E-state index contributed by atoms with van der Waals surface area (Å²) in [6.45, 7) is 10.2. The Balaban J connectivity index is 1.48. The Morgan fingerprint density at radius 3 is 2.62 bits per heavy atom. The molecule has 0 aliphatic heterocycles. The van der Waals surface area contributed by atoms with Crippen molar-refractivity contribution in [3.8, 4) is 16.9 Å². The number of amides is 1. The second kappa shape index (κ2) is 13.3. The number of rotatable bonds is 12. The number of anilines is 1. The highest BCUT2D eigenvalue weighted by Crippen LogP contribution is 2.36. The molecule has 202 valence electrons. The third-order valence-electron chi connectivity index (χ3n) is 5.76. The summed E-state index contributed by atoms with van der Waals surface area (Å²) >= 11 is 2.54. The molecule has 39 heavy (non-hydrogen) atoms. The lowest BCUT2D eigenvalue weighted by Crippen LogP contribution is -2.17. The molecular weight excluding hydrogens is 532 g/mol. The van der Waals surface area contributed by atoms with Crippen molar-refractivity contribution in [1.29, 1.82) is 0 Å². The van der Waals surface area contributed by atoms with Crippen molar-refractivity contribution < 1.29 is 19.1 Å². The van der Waals surface area contributed by atoms with Crippen molar-refractivity contribution >= 4 is 40.0 Å². The van der Waals surface area contributed by atoms with Crippen LogP contribution in [0.25, 0.3) is 11.1 Å². The van der Waals surface area contributed by atoms with Gasteiger partial charge in [-0.1, -0.05) is 66.4 Å². The van der Waals surface area contributed by atoms with E-state index >= 15 is 0 Å². The number of thioether (sulfide) groups is 1. The zero-order valence-corrected chi connectivity index (χ0v) is 23.7. The first-order chi connectivity index (χ1) is 18.9. The zero-order valence-electron chi connectivity index (χ0n) is 22.0. The number of hydrogen-bond donors (Lipinski definition) is 1. The quantitative estimate of drug-likeness (QED) is 0.119. The van der Waals surface area contributed by atoms with Gasteiger partial charge in [0.05, 0.1) is 12.4 Å². The molecule has 1 atom stereocenters. The number of para-hydroxylation sites is 1. The van der Waals surface area contributed by atoms with E-state index in [0.717, 1.165) is 22.4 Å². The number of thiophene rings is 1. The van der Waals surface area contributed by atoms with Crippen molar-refractivity contribution in [2.75, 3.05) is 17.7 Å². The van der Waals surface area contributed by atoms with Crippen LogP contribution in [0, 0.1) is 6.92 Å². The Kier molecular flexibility index (Phi) is 9.56. The van der Waals surface area contributed by atoms with E-state index in [2.05, 4.69) is 22.1 Å². The minimum absolute atomic E-state index is 0.0726. The predicted molar refractivity (Wildman–Crippen MR) is 156 cm³/mol. The Bertz CT molecular complexity index is 1450. The summed E-state index contributed by atoms with van der Waals surface area (Å²) in [6.07, 6.45) is 1.39. The fraction of sp³-hybridized carbons (Fsp3) is 0.241. The third kappa shape index (κ3) is 6.76. The van der Waals surface area contributed by atoms with Crippen LogP contribution in [-0.2, 0) is 16.1 Å². The van der Waals surface area contributed by atoms with Gasteiger partial charge in [0.15, 0.2) is 17.1 Å². The Morgan fingerprint density at radius 1 is 1.15 bits per heavy atom. The minimum Gasteiger partial charge on any atom is -0.482 e. The maximum atomic E-state index is 13.0. The van der Waals surface area contributed by atoms with E-state index < -0.39 is 5.97 Å². The van der Waals surface area contributed by atoms with Crippen LogP contribution in [0.15, 0.2) is 77.8 Å². The molecule has 0 saturated heterocycles. The molecule has 2 aromatic heterocycles. The van der Waals surface area contributed by atoms with E-state index in [-0.39, 0.29) is 24.4 Å². The van der Waals surface area contributed by atoms with Crippen LogP contribution in [0.1, 0.15) is 41.7 Å². The molecule has 2 heterocycles. The van der Waals surface area contributed by atoms with E-state index in [1.807, 2.05) is 78.4 Å². The highest BCUT2D eigenvalue weighted by atomic mass is 32.2. The fourth-order valence-electron chi connectivity index (χ4n) is 3.92. The molecule has 4 rings (SSSR count). The summed E-state index contributed by atoms with van der Waals surface area (Å²) in [5.41, 5.74) is 2.97. The Labute approximate surface area is 236 Å². The molecule has 1 N–H and O–H groups in total. The first kappa shape index (κ1) is 28.1. The van der Waals surface area contributed by atoms with Gasteiger partial charge in [0.1, 0.15) is 16.3 Å². The molecule has 4 aromatic rings. The number of allylic oxidation sites excluding steroid dienone is 1. The summed E-state index contributed by atoms with van der Waals surface area (Å²) in [5.74, 6) is 0.735. The zero-order chi connectivity index (χ0) is 27.8. The van der Waals surface area contributed by atoms with Gasteiger partial charge < -0.3 is 14.8 Å². The van der Waals surface area contributed by atoms with Gasteiger partial charge in [0, 0.05) is 17.5 Å². The Morgan fingerprint density at radius 2 is 1.90 bits per heavy atom. The summed E-state index contributed by atoms with van der Waals surface area (Å²) in [5, 5.41) is 14.4. The largest absolute Gasteiger partial charge is 0.482 e. The molecule has 0 radical (unpaired) electrons. The van der Waals surface area contributed by atoms with Crippen molar-refractivity contribution in [2.24, 2.45) is 0 Å². The lowest BCUT2D eigenvalue weighted by atomic mass is 10.0. The van der Waals surface area contributed by atoms with E-state index in [1.54, 1.807) is 13.0 Å². The van der Waals surface area contributed by atoms with Crippen LogP contribution in [0.3, 0.4) is 0 Å². The number of hydrogen-bond acceptors (Lipinski definition) is 8. The molecule has 1 unspecified atom stereocenters. The number of nitrogens with zero attached hydrogens (tertiary/aromatic N) is 3. The average Bonchev–Trinajstić information content (AvgIpc) is 3.54. The topological polar surface area (TPSA) is 95.3 Å². The fourth-order valence-corrected chi connectivity index (χ4v) is 5.65. The van der Waals surface area contributed by atoms with Gasteiger partial charge in [-0.25, -0.2) is 4.79 Å². The monoisotopic (exact) mass is 562 g/mol. The van der Waals surface area contributed by atoms with Gasteiger partial charge in [0.2, 0.25) is 5.91 Å². The third-order valence-corrected chi connectivity index (χ3v) is 7.62. The molecular formula is C29H30N4O4S2. The van der Waals surface area contributed by atoms with E-state index in [4.69, 9.17) is 9.47 Å². The summed E-state index contributed by atoms with van der Waals surface area (Å²) in [4.78, 5) is 25.8. The molecule has 0 saturated carbocycles. The number of carbonyl (C=O) groups is 2. The first-order valence-corrected chi connectivity index (χ1v) is 14.3. The number of esters is 1. The Hall–Kier alpha value is -3.89. The van der Waals surface area contributed by atoms with Gasteiger partial charge in [-0.15, -0.1) is 28.1 Å². The highest BCUT2D eigenvalue weighted by molar-refractivity contribution is 7.99. The number of benzene rings is 2. The van der Waals surface area contributed by atoms with Crippen LogP contribution in [-0.4, -0.2) is 39.0 Å². The number of ether oxygens (including phenoxy) is 2. The number of carbonyl (C=O) groups excluding carboxylic acids is 2. The van der Waals surface area contributed by atoms with Crippen LogP contribution in [0.5, 0.6) is 5.75 Å². The number of nitrogens with one attached hydrogen (secondary N) is 1. The lowest BCUT2D eigenvalue weighted by molar-refractivity contribution is -0.113. The molecule has 10 heteroatoms. The van der Waals surface area contributed by atoms with Gasteiger partial charge in [-0.2, -0.15) is 0 Å². The standard InChI is InChI=1S/C29H30N4O4S2/c1-5-16-33-26(20(4)37-23-15-11-10-12-19(23)3)31-32-29(33)39-18-24(34)30-27-25(28(35)36-6-2)22(17-38-27)21-13-8-7-9-14-21/h5,7-15,17,20H,1,6,16,18H2,2-4H3,(H,30,34). The SMILES string of the molecule is C=CCn1c(SCC(=O)Nc2scc(-c3ccccc3)c2C(=O)OCC)nnc1C(C)Oc1ccccc1C. The molecule has 0 aliphatic rings. The van der Waals surface area contributed by atoms with E-state index in [9.17, 15) is 9.59 Å². The number of aryl methyl sites for hydroxylation is 1. The van der Waals surface area contributed by atoms with Gasteiger partial charge in [0.25, 0.3) is 0 Å². The molecule has 2 aromatic carbocycles. The number of aromatic nitrogens is 3. The highest BCUT2D eigenvalue weighted by Gasteiger charge is 2.24. The van der Waals surface area contributed by atoms with Crippen molar-refractivity contribution in [3.05, 3.63) is 89.6 Å². The van der Waals surface area contributed by atoms with Crippen molar-refractivity contribution in [2.45, 2.75) is 38.6 Å². The smallest absolute Gasteiger partial charge is 0.341 e. The van der Waals surface area contributed by atoms with E-state index in [1.165, 1.54) is 23.1 Å². The lowest BCUT2D eigenvalue weighted by Gasteiger charge is -2.17. The molecule has 0 bridgehead atoms. The van der Waals surface area contributed by atoms with Crippen LogP contribution in [0.4, 0.5) is 5.00 Å².